The highest BCUT2D eigenvalue weighted by atomic mass is 32.2. The van der Waals surface area contributed by atoms with Crippen molar-refractivity contribution in [2.75, 3.05) is 19.3 Å². The minimum absolute atomic E-state index is 0.486. The number of nitrogens with one attached hydrogen (secondary N) is 1. The standard InChI is InChI=1S/C12H25NO2S/c1-11(2)9-13-10-12(16(3,14)15)7-5-4-6-8-12/h11,13H,4-10H2,1-3H3. The Morgan fingerprint density at radius 3 is 2.19 bits per heavy atom. The van der Waals surface area contributed by atoms with Crippen molar-refractivity contribution >= 4 is 9.84 Å². The van der Waals surface area contributed by atoms with Crippen molar-refractivity contribution in [2.45, 2.75) is 50.7 Å². The van der Waals surface area contributed by atoms with Crippen LogP contribution in [0.25, 0.3) is 0 Å². The smallest absolute Gasteiger partial charge is 0.154 e. The van der Waals surface area contributed by atoms with E-state index in [2.05, 4.69) is 19.2 Å². The Morgan fingerprint density at radius 1 is 1.19 bits per heavy atom. The van der Waals surface area contributed by atoms with Crippen molar-refractivity contribution in [3.63, 3.8) is 0 Å². The highest BCUT2D eigenvalue weighted by Crippen LogP contribution is 2.34. The van der Waals surface area contributed by atoms with Crippen molar-refractivity contribution in [1.29, 1.82) is 0 Å². The Hall–Kier alpha value is -0.0900. The lowest BCUT2D eigenvalue weighted by Gasteiger charge is -2.36. The van der Waals surface area contributed by atoms with Gasteiger partial charge in [0, 0.05) is 12.8 Å². The Bertz CT molecular complexity index is 303. The second kappa shape index (κ2) is 5.50. The van der Waals surface area contributed by atoms with Crippen molar-refractivity contribution in [1.82, 2.24) is 5.32 Å². The lowest BCUT2D eigenvalue weighted by atomic mass is 9.88. The first-order valence-electron chi connectivity index (χ1n) is 6.28. The van der Waals surface area contributed by atoms with Crippen LogP contribution in [0, 0.1) is 5.92 Å². The van der Waals surface area contributed by atoms with Crippen LogP contribution in [0.4, 0.5) is 0 Å². The van der Waals surface area contributed by atoms with Crippen molar-refractivity contribution in [2.24, 2.45) is 5.92 Å². The lowest BCUT2D eigenvalue weighted by molar-refractivity contribution is 0.352. The van der Waals surface area contributed by atoms with E-state index in [0.717, 1.165) is 32.2 Å². The van der Waals surface area contributed by atoms with Gasteiger partial charge in [-0.15, -0.1) is 0 Å². The molecular weight excluding hydrogens is 222 g/mol. The van der Waals surface area contributed by atoms with Crippen molar-refractivity contribution in [3.05, 3.63) is 0 Å². The summed E-state index contributed by atoms with van der Waals surface area (Å²) in [5, 5.41) is 3.32. The quantitative estimate of drug-likeness (QED) is 0.808. The normalized spacial score (nSPS) is 21.2. The molecule has 96 valence electrons. The zero-order valence-corrected chi connectivity index (χ0v) is 11.6. The highest BCUT2D eigenvalue weighted by molar-refractivity contribution is 7.92. The van der Waals surface area contributed by atoms with Gasteiger partial charge in [0.25, 0.3) is 0 Å². The molecule has 1 fully saturated rings. The summed E-state index contributed by atoms with van der Waals surface area (Å²) in [5.41, 5.74) is 0. The zero-order chi connectivity index (χ0) is 12.2. The van der Waals surface area contributed by atoms with Crippen LogP contribution < -0.4 is 5.32 Å². The van der Waals surface area contributed by atoms with E-state index in [1.165, 1.54) is 12.7 Å². The molecule has 0 unspecified atom stereocenters. The second-order valence-electron chi connectivity index (χ2n) is 5.54. The third-order valence-corrected chi connectivity index (χ3v) is 5.68. The lowest BCUT2D eigenvalue weighted by Crippen LogP contribution is -2.48. The molecule has 0 aromatic carbocycles. The molecule has 16 heavy (non-hydrogen) atoms. The number of rotatable bonds is 5. The second-order valence-corrected chi connectivity index (χ2v) is 7.95. The Labute approximate surface area is 99.9 Å². The molecule has 0 radical (unpaired) electrons. The van der Waals surface area contributed by atoms with Crippen molar-refractivity contribution in [3.8, 4) is 0 Å². The fourth-order valence-electron chi connectivity index (χ4n) is 2.46. The van der Waals surface area contributed by atoms with Gasteiger partial charge in [-0.2, -0.15) is 0 Å². The van der Waals surface area contributed by atoms with Crippen LogP contribution in [0.3, 0.4) is 0 Å². The van der Waals surface area contributed by atoms with Crippen LogP contribution in [0.2, 0.25) is 0 Å². The maximum absolute atomic E-state index is 11.9. The number of sulfone groups is 1. The molecule has 0 spiro atoms. The first-order chi connectivity index (χ1) is 7.37. The van der Waals surface area contributed by atoms with E-state index in [1.54, 1.807) is 0 Å². The first-order valence-corrected chi connectivity index (χ1v) is 8.17. The highest BCUT2D eigenvalue weighted by Gasteiger charge is 2.41. The summed E-state index contributed by atoms with van der Waals surface area (Å²) in [5.74, 6) is 0.570. The summed E-state index contributed by atoms with van der Waals surface area (Å²) >= 11 is 0. The zero-order valence-electron chi connectivity index (χ0n) is 10.8. The Balaban J connectivity index is 2.64. The predicted octanol–water partition coefficient (Wildman–Crippen LogP) is 1.98. The molecule has 1 N–H and O–H groups in total. The van der Waals surface area contributed by atoms with E-state index < -0.39 is 14.6 Å². The molecule has 1 rings (SSSR count). The van der Waals surface area contributed by atoms with Crippen LogP contribution in [-0.4, -0.2) is 32.5 Å². The van der Waals surface area contributed by atoms with E-state index >= 15 is 0 Å². The summed E-state index contributed by atoms with van der Waals surface area (Å²) in [6, 6.07) is 0. The van der Waals surface area contributed by atoms with Crippen LogP contribution in [0.1, 0.15) is 46.0 Å². The molecule has 0 atom stereocenters. The Morgan fingerprint density at radius 2 is 1.75 bits per heavy atom. The van der Waals surface area contributed by atoms with Gasteiger partial charge in [0.2, 0.25) is 0 Å². The van der Waals surface area contributed by atoms with Gasteiger partial charge in [0.15, 0.2) is 9.84 Å². The van der Waals surface area contributed by atoms with Gasteiger partial charge in [-0.25, -0.2) is 8.42 Å². The molecule has 0 bridgehead atoms. The van der Waals surface area contributed by atoms with Gasteiger partial charge in [-0.05, 0) is 25.3 Å². The maximum atomic E-state index is 11.9. The summed E-state index contributed by atoms with van der Waals surface area (Å²) in [7, 11) is -2.95. The van der Waals surface area contributed by atoms with E-state index in [0.29, 0.717) is 12.5 Å². The van der Waals surface area contributed by atoms with Gasteiger partial charge in [-0.3, -0.25) is 0 Å². The van der Waals surface area contributed by atoms with E-state index in [4.69, 9.17) is 0 Å². The van der Waals surface area contributed by atoms with Crippen LogP contribution in [0.5, 0.6) is 0 Å². The van der Waals surface area contributed by atoms with Gasteiger partial charge >= 0.3 is 0 Å². The third-order valence-electron chi connectivity index (χ3n) is 3.55. The summed E-state index contributed by atoms with van der Waals surface area (Å²) < 4.78 is 23.4. The summed E-state index contributed by atoms with van der Waals surface area (Å²) in [4.78, 5) is 0. The minimum atomic E-state index is -2.95. The molecule has 1 saturated carbocycles. The average Bonchev–Trinajstić information content (AvgIpc) is 2.17. The molecule has 1 aliphatic carbocycles. The maximum Gasteiger partial charge on any atom is 0.154 e. The summed E-state index contributed by atoms with van der Waals surface area (Å²) in [6.07, 6.45) is 6.34. The third kappa shape index (κ3) is 3.45. The topological polar surface area (TPSA) is 46.2 Å². The fourth-order valence-corrected chi connectivity index (χ4v) is 3.86. The van der Waals surface area contributed by atoms with Gasteiger partial charge in [0.1, 0.15) is 0 Å². The monoisotopic (exact) mass is 247 g/mol. The van der Waals surface area contributed by atoms with Gasteiger partial charge in [-0.1, -0.05) is 33.1 Å². The molecular formula is C12H25NO2S. The SMILES string of the molecule is CC(C)CNCC1(S(C)(=O)=O)CCCCC1. The van der Waals surface area contributed by atoms with Gasteiger partial charge in [0.05, 0.1) is 4.75 Å². The molecule has 0 aromatic heterocycles. The largest absolute Gasteiger partial charge is 0.315 e. The molecule has 1 aliphatic rings. The van der Waals surface area contributed by atoms with Crippen LogP contribution in [0.15, 0.2) is 0 Å². The molecule has 0 saturated heterocycles. The summed E-state index contributed by atoms with van der Waals surface area (Å²) in [6.45, 7) is 5.81. The Kier molecular flexibility index (Phi) is 4.80. The van der Waals surface area contributed by atoms with E-state index in [1.807, 2.05) is 0 Å². The molecule has 0 aliphatic heterocycles. The first kappa shape index (κ1) is 14.0. The minimum Gasteiger partial charge on any atom is -0.315 e. The molecule has 0 aromatic rings. The number of hydrogen-bond donors (Lipinski definition) is 1. The van der Waals surface area contributed by atoms with E-state index in [9.17, 15) is 8.42 Å². The average molecular weight is 247 g/mol. The van der Waals surface area contributed by atoms with Crippen LogP contribution in [-0.2, 0) is 9.84 Å². The molecule has 3 nitrogen and oxygen atoms in total. The number of hydrogen-bond acceptors (Lipinski definition) is 3. The van der Waals surface area contributed by atoms with Crippen molar-refractivity contribution < 1.29 is 8.42 Å². The fraction of sp³-hybridized carbons (Fsp3) is 1.00. The van der Waals surface area contributed by atoms with Gasteiger partial charge < -0.3 is 5.32 Å². The van der Waals surface area contributed by atoms with E-state index in [-0.39, 0.29) is 0 Å². The predicted molar refractivity (Wildman–Crippen MR) is 68.4 cm³/mol. The molecule has 0 heterocycles. The molecule has 0 amide bonds. The molecule has 4 heteroatoms. The van der Waals surface area contributed by atoms with Crippen LogP contribution >= 0.6 is 0 Å².